The Balaban J connectivity index is 1.64. The fourth-order valence-corrected chi connectivity index (χ4v) is 5.23. The van der Waals surface area contributed by atoms with Gasteiger partial charge in [-0.1, -0.05) is 6.42 Å². The molecule has 1 aromatic heterocycles. The normalized spacial score (nSPS) is 17.8. The van der Waals surface area contributed by atoms with Crippen LogP contribution in [0.2, 0.25) is 0 Å². The molecule has 1 saturated carbocycles. The predicted octanol–water partition coefficient (Wildman–Crippen LogP) is 1.40. The molecule has 1 fully saturated rings. The molecule has 176 valence electrons. The van der Waals surface area contributed by atoms with Gasteiger partial charge in [-0.15, -0.1) is 0 Å². The third-order valence-electron chi connectivity index (χ3n) is 5.66. The Morgan fingerprint density at radius 3 is 2.36 bits per heavy atom. The zero-order valence-corrected chi connectivity index (χ0v) is 19.2. The van der Waals surface area contributed by atoms with Gasteiger partial charge in [0.25, 0.3) is 15.9 Å². The van der Waals surface area contributed by atoms with E-state index in [1.807, 2.05) is 4.90 Å². The lowest BCUT2D eigenvalue weighted by molar-refractivity contribution is 0.305. The number of ether oxygens (including phenoxy) is 2. The summed E-state index contributed by atoms with van der Waals surface area (Å²) in [6.07, 6.45) is 5.82. The number of nitrogens with zero attached hydrogens (tertiary/aromatic N) is 5. The molecular weight excluding hydrogens is 448 g/mol. The SMILES string of the molecule is COc1ncnc(NS(=O)(=O)c2ccc(N3C(N)=NC(N)=NC34CCCCC4)cc2)c1OC. The summed E-state index contributed by atoms with van der Waals surface area (Å²) in [5.41, 5.74) is 12.2. The molecule has 1 aliphatic carbocycles. The number of nitrogens with two attached hydrogens (primary N) is 2. The number of sulfonamides is 1. The van der Waals surface area contributed by atoms with E-state index in [0.717, 1.165) is 32.1 Å². The summed E-state index contributed by atoms with van der Waals surface area (Å²) in [6.45, 7) is 0. The Hall–Kier alpha value is -3.61. The topological polar surface area (TPSA) is 170 Å². The van der Waals surface area contributed by atoms with E-state index >= 15 is 0 Å². The molecule has 33 heavy (non-hydrogen) atoms. The van der Waals surface area contributed by atoms with E-state index < -0.39 is 15.7 Å². The number of nitrogens with one attached hydrogen (secondary N) is 1. The number of anilines is 2. The van der Waals surface area contributed by atoms with Gasteiger partial charge in [-0.3, -0.25) is 9.62 Å². The lowest BCUT2D eigenvalue weighted by atomic mass is 9.87. The molecule has 2 aromatic rings. The molecule has 0 unspecified atom stereocenters. The monoisotopic (exact) mass is 474 g/mol. The summed E-state index contributed by atoms with van der Waals surface area (Å²) in [5, 5.41) is 0. The molecule has 1 aliphatic heterocycles. The Kier molecular flexibility index (Phi) is 5.97. The van der Waals surface area contributed by atoms with E-state index in [0.29, 0.717) is 5.69 Å². The van der Waals surface area contributed by atoms with E-state index in [9.17, 15) is 8.42 Å². The van der Waals surface area contributed by atoms with Crippen molar-refractivity contribution in [3.8, 4) is 11.6 Å². The summed E-state index contributed by atoms with van der Waals surface area (Å²) in [6, 6.07) is 6.30. The second-order valence-electron chi connectivity index (χ2n) is 7.68. The van der Waals surface area contributed by atoms with E-state index in [1.54, 1.807) is 12.1 Å². The predicted molar refractivity (Wildman–Crippen MR) is 124 cm³/mol. The lowest BCUT2D eigenvalue weighted by Crippen LogP contribution is -2.58. The second-order valence-corrected chi connectivity index (χ2v) is 9.37. The minimum Gasteiger partial charge on any atom is -0.489 e. The Labute approximate surface area is 191 Å². The van der Waals surface area contributed by atoms with Crippen LogP contribution in [0.4, 0.5) is 11.5 Å². The van der Waals surface area contributed by atoms with Gasteiger partial charge in [0.15, 0.2) is 5.82 Å². The molecule has 2 heterocycles. The molecule has 0 atom stereocenters. The van der Waals surface area contributed by atoms with Crippen LogP contribution in [-0.4, -0.2) is 50.2 Å². The van der Waals surface area contributed by atoms with Gasteiger partial charge in [0.1, 0.15) is 12.0 Å². The van der Waals surface area contributed by atoms with E-state index in [4.69, 9.17) is 20.9 Å². The van der Waals surface area contributed by atoms with Crippen molar-refractivity contribution in [3.63, 3.8) is 0 Å². The minimum atomic E-state index is -3.98. The molecular formula is C20H26N8O4S. The van der Waals surface area contributed by atoms with Crippen LogP contribution < -0.4 is 30.6 Å². The first-order valence-electron chi connectivity index (χ1n) is 10.4. The lowest BCUT2D eigenvalue weighted by Gasteiger charge is -2.45. The number of aliphatic imine (C=N–C) groups is 2. The molecule has 0 bridgehead atoms. The van der Waals surface area contributed by atoms with Gasteiger partial charge in [0.2, 0.25) is 17.7 Å². The molecule has 12 nitrogen and oxygen atoms in total. The van der Waals surface area contributed by atoms with E-state index in [1.165, 1.54) is 32.7 Å². The van der Waals surface area contributed by atoms with Crippen LogP contribution in [0.5, 0.6) is 11.6 Å². The average Bonchev–Trinajstić information content (AvgIpc) is 2.79. The third kappa shape index (κ3) is 4.23. The molecule has 13 heteroatoms. The maximum Gasteiger partial charge on any atom is 0.263 e. The molecule has 0 radical (unpaired) electrons. The maximum atomic E-state index is 13.0. The van der Waals surface area contributed by atoms with E-state index in [-0.39, 0.29) is 34.3 Å². The molecule has 1 aromatic carbocycles. The summed E-state index contributed by atoms with van der Waals surface area (Å²) in [7, 11) is -1.21. The van der Waals surface area contributed by atoms with Gasteiger partial charge in [-0.05, 0) is 49.9 Å². The molecule has 2 aliphatic rings. The molecule has 4 rings (SSSR count). The Morgan fingerprint density at radius 2 is 1.73 bits per heavy atom. The van der Waals surface area contributed by atoms with Crippen LogP contribution in [0, 0.1) is 0 Å². The highest BCUT2D eigenvalue weighted by atomic mass is 32.2. The molecule has 0 saturated heterocycles. The average molecular weight is 475 g/mol. The number of hydrogen-bond acceptors (Lipinski definition) is 11. The van der Waals surface area contributed by atoms with Crippen LogP contribution in [0.15, 0.2) is 45.5 Å². The highest BCUT2D eigenvalue weighted by Crippen LogP contribution is 2.39. The quantitative estimate of drug-likeness (QED) is 0.560. The number of methoxy groups -OCH3 is 2. The number of aromatic nitrogens is 2. The minimum absolute atomic E-state index is 0.0270. The molecule has 5 N–H and O–H groups in total. The highest BCUT2D eigenvalue weighted by Gasteiger charge is 2.42. The van der Waals surface area contributed by atoms with Crippen molar-refractivity contribution in [3.05, 3.63) is 30.6 Å². The smallest absolute Gasteiger partial charge is 0.263 e. The first-order chi connectivity index (χ1) is 15.8. The number of rotatable bonds is 6. The van der Waals surface area contributed by atoms with Crippen molar-refractivity contribution < 1.29 is 17.9 Å². The highest BCUT2D eigenvalue weighted by molar-refractivity contribution is 7.92. The van der Waals surface area contributed by atoms with Crippen molar-refractivity contribution in [1.29, 1.82) is 0 Å². The number of benzene rings is 1. The van der Waals surface area contributed by atoms with Crippen molar-refractivity contribution in [2.45, 2.75) is 42.7 Å². The van der Waals surface area contributed by atoms with Crippen molar-refractivity contribution >= 4 is 33.4 Å². The summed E-state index contributed by atoms with van der Waals surface area (Å²) >= 11 is 0. The van der Waals surface area contributed by atoms with Crippen molar-refractivity contribution in [2.24, 2.45) is 21.5 Å². The fourth-order valence-electron chi connectivity index (χ4n) is 4.22. The zero-order chi connectivity index (χ0) is 23.6. The Morgan fingerprint density at radius 1 is 1.03 bits per heavy atom. The Bertz CT molecular complexity index is 1190. The van der Waals surface area contributed by atoms with Crippen molar-refractivity contribution in [1.82, 2.24) is 9.97 Å². The van der Waals surface area contributed by atoms with E-state index in [2.05, 4.69) is 24.7 Å². The van der Waals surface area contributed by atoms with Crippen LogP contribution in [0.25, 0.3) is 0 Å². The van der Waals surface area contributed by atoms with Gasteiger partial charge in [0, 0.05) is 5.69 Å². The maximum absolute atomic E-state index is 13.0. The first-order valence-corrected chi connectivity index (χ1v) is 11.8. The number of hydrogen-bond donors (Lipinski definition) is 3. The molecule has 1 spiro atoms. The van der Waals surface area contributed by atoms with Crippen LogP contribution in [0.1, 0.15) is 32.1 Å². The first kappa shape index (κ1) is 22.6. The summed E-state index contributed by atoms with van der Waals surface area (Å²) < 4.78 is 38.7. The number of guanidine groups is 2. The summed E-state index contributed by atoms with van der Waals surface area (Å²) in [5.74, 6) is 0.538. The second kappa shape index (κ2) is 8.73. The van der Waals surface area contributed by atoms with Crippen molar-refractivity contribution in [2.75, 3.05) is 23.8 Å². The summed E-state index contributed by atoms with van der Waals surface area (Å²) in [4.78, 5) is 18.5. The zero-order valence-electron chi connectivity index (χ0n) is 18.4. The van der Waals surface area contributed by atoms with Gasteiger partial charge >= 0.3 is 0 Å². The van der Waals surface area contributed by atoms with Gasteiger partial charge in [-0.2, -0.15) is 9.98 Å². The standard InChI is InChI=1S/C20H26N8O4S/c1-31-15-16(23-12-24-17(15)32-2)27-33(29,30)14-8-6-13(7-9-14)28-19(22)25-18(21)26-20(28)10-4-3-5-11-20/h6-9,12H,3-5,10-11H2,1-2H3,(H,23,24,27)(H4,21,22,25,26). The van der Waals surface area contributed by atoms with Crippen LogP contribution >= 0.6 is 0 Å². The molecule has 0 amide bonds. The third-order valence-corrected chi connectivity index (χ3v) is 7.01. The van der Waals surface area contributed by atoms with Gasteiger partial charge in [-0.25, -0.2) is 18.4 Å². The van der Waals surface area contributed by atoms with Gasteiger partial charge < -0.3 is 20.9 Å². The van der Waals surface area contributed by atoms with Crippen LogP contribution in [-0.2, 0) is 10.0 Å². The van der Waals surface area contributed by atoms with Crippen LogP contribution in [0.3, 0.4) is 0 Å². The largest absolute Gasteiger partial charge is 0.489 e. The van der Waals surface area contributed by atoms with Gasteiger partial charge in [0.05, 0.1) is 19.1 Å². The fraction of sp³-hybridized carbons (Fsp3) is 0.400.